The number of hydrogen-bond donors (Lipinski definition) is 2. The number of esters is 1. The fourth-order valence-electron chi connectivity index (χ4n) is 3.49. The first-order valence-corrected chi connectivity index (χ1v) is 6.59. The molecule has 1 fully saturated rings. The minimum absolute atomic E-state index is 0.174. The Kier molecular flexibility index (Phi) is 2.92. The Morgan fingerprint density at radius 2 is 2.15 bits per heavy atom. The molecule has 1 aliphatic heterocycles. The third-order valence-corrected chi connectivity index (χ3v) is 4.56. The maximum Gasteiger partial charge on any atom is 0.334 e. The lowest BCUT2D eigenvalue weighted by molar-refractivity contribution is -0.139. The van der Waals surface area contributed by atoms with Gasteiger partial charge in [-0.3, -0.25) is 4.79 Å². The number of carbonyl (C=O) groups is 2. The lowest BCUT2D eigenvalue weighted by Gasteiger charge is -2.21. The molecule has 0 radical (unpaired) electrons. The molecule has 3 rings (SSSR count). The van der Waals surface area contributed by atoms with Crippen LogP contribution in [0.2, 0.25) is 0 Å². The van der Waals surface area contributed by atoms with Crippen molar-refractivity contribution in [2.75, 3.05) is 6.61 Å². The van der Waals surface area contributed by atoms with E-state index in [0.29, 0.717) is 23.1 Å². The van der Waals surface area contributed by atoms with Gasteiger partial charge < -0.3 is 14.9 Å². The summed E-state index contributed by atoms with van der Waals surface area (Å²) < 4.78 is 5.27. The van der Waals surface area contributed by atoms with Crippen molar-refractivity contribution in [3.05, 3.63) is 34.9 Å². The van der Waals surface area contributed by atoms with E-state index in [1.807, 2.05) is 0 Å². The molecule has 2 N–H and O–H groups in total. The van der Waals surface area contributed by atoms with Crippen LogP contribution in [0, 0.1) is 11.8 Å². The van der Waals surface area contributed by atoms with E-state index in [9.17, 15) is 19.8 Å². The molecule has 106 valence electrons. The van der Waals surface area contributed by atoms with Crippen molar-refractivity contribution in [2.45, 2.75) is 25.6 Å². The van der Waals surface area contributed by atoms with Gasteiger partial charge in [-0.05, 0) is 30.6 Å². The zero-order chi connectivity index (χ0) is 14.6. The average molecular weight is 276 g/mol. The van der Waals surface area contributed by atoms with Crippen LogP contribution in [0.15, 0.2) is 34.9 Å². The average Bonchev–Trinajstić information content (AvgIpc) is 2.83. The van der Waals surface area contributed by atoms with E-state index < -0.39 is 24.1 Å². The largest absolute Gasteiger partial charge is 0.458 e. The second kappa shape index (κ2) is 4.40. The zero-order valence-electron chi connectivity index (χ0n) is 11.1. The second-order valence-corrected chi connectivity index (χ2v) is 5.57. The molecule has 5 heteroatoms. The molecule has 1 saturated heterocycles. The van der Waals surface area contributed by atoms with Crippen molar-refractivity contribution in [2.24, 2.45) is 11.8 Å². The fourth-order valence-corrected chi connectivity index (χ4v) is 3.49. The normalized spacial score (nSPS) is 36.5. The van der Waals surface area contributed by atoms with E-state index in [4.69, 9.17) is 4.74 Å². The predicted molar refractivity (Wildman–Crippen MR) is 69.5 cm³/mol. The van der Waals surface area contributed by atoms with Gasteiger partial charge in [0.25, 0.3) is 0 Å². The fraction of sp³-hybridized carbons (Fsp3) is 0.467. The molecule has 4 atom stereocenters. The van der Waals surface area contributed by atoms with Crippen molar-refractivity contribution in [3.8, 4) is 0 Å². The second-order valence-electron chi connectivity index (χ2n) is 5.57. The van der Waals surface area contributed by atoms with E-state index >= 15 is 0 Å². The number of carbonyl (C=O) groups excluding carboxylic acids is 2. The molecule has 0 aromatic carbocycles. The summed E-state index contributed by atoms with van der Waals surface area (Å²) in [5, 5.41) is 19.8. The molecule has 5 nitrogen and oxygen atoms in total. The number of hydrogen-bond acceptors (Lipinski definition) is 5. The third-order valence-electron chi connectivity index (χ3n) is 4.56. The molecule has 0 amide bonds. The van der Waals surface area contributed by atoms with Gasteiger partial charge in [0, 0.05) is 17.1 Å². The van der Waals surface area contributed by atoms with Crippen LogP contribution in [0.5, 0.6) is 0 Å². The van der Waals surface area contributed by atoms with Crippen LogP contribution >= 0.6 is 0 Å². The van der Waals surface area contributed by atoms with Crippen LogP contribution in [0.4, 0.5) is 0 Å². The van der Waals surface area contributed by atoms with Gasteiger partial charge in [-0.25, -0.2) is 4.79 Å². The molecule has 4 unspecified atom stereocenters. The summed E-state index contributed by atoms with van der Waals surface area (Å²) in [6.45, 7) is 5.17. The Morgan fingerprint density at radius 1 is 1.45 bits per heavy atom. The van der Waals surface area contributed by atoms with E-state index in [0.717, 1.165) is 0 Å². The Labute approximate surface area is 116 Å². The van der Waals surface area contributed by atoms with Gasteiger partial charge in [-0.2, -0.15) is 0 Å². The van der Waals surface area contributed by atoms with Crippen LogP contribution in [0.3, 0.4) is 0 Å². The zero-order valence-corrected chi connectivity index (χ0v) is 11.1. The number of fused-ring (bicyclic) bond motifs is 2. The Balaban J connectivity index is 2.08. The Morgan fingerprint density at radius 3 is 2.80 bits per heavy atom. The van der Waals surface area contributed by atoms with E-state index in [-0.39, 0.29) is 23.9 Å². The summed E-state index contributed by atoms with van der Waals surface area (Å²) in [6, 6.07) is 0. The molecule has 0 spiro atoms. The summed E-state index contributed by atoms with van der Waals surface area (Å²) in [5.41, 5.74) is 1.95. The van der Waals surface area contributed by atoms with Crippen LogP contribution in [0.1, 0.15) is 13.3 Å². The molecule has 3 aliphatic rings. The molecule has 2 aliphatic carbocycles. The summed E-state index contributed by atoms with van der Waals surface area (Å²) in [5.74, 6) is -1.45. The van der Waals surface area contributed by atoms with E-state index in [2.05, 4.69) is 6.58 Å². The van der Waals surface area contributed by atoms with Gasteiger partial charge in [0.2, 0.25) is 0 Å². The predicted octanol–water partition coefficient (Wildman–Crippen LogP) is 0.283. The molecule has 0 bridgehead atoms. The summed E-state index contributed by atoms with van der Waals surface area (Å²) in [4.78, 5) is 23.7. The van der Waals surface area contributed by atoms with E-state index in [1.54, 1.807) is 6.92 Å². The van der Waals surface area contributed by atoms with Gasteiger partial charge in [0.15, 0.2) is 5.78 Å². The highest BCUT2D eigenvalue weighted by Crippen LogP contribution is 2.45. The van der Waals surface area contributed by atoms with Crippen molar-refractivity contribution in [3.63, 3.8) is 0 Å². The van der Waals surface area contributed by atoms with Crippen molar-refractivity contribution in [1.29, 1.82) is 0 Å². The number of aliphatic hydroxyl groups is 2. The van der Waals surface area contributed by atoms with Crippen LogP contribution in [-0.4, -0.2) is 40.8 Å². The van der Waals surface area contributed by atoms with Gasteiger partial charge in [0.1, 0.15) is 6.10 Å². The topological polar surface area (TPSA) is 83.8 Å². The van der Waals surface area contributed by atoms with Crippen LogP contribution in [0.25, 0.3) is 0 Å². The number of allylic oxidation sites excluding steroid dienone is 2. The van der Waals surface area contributed by atoms with Gasteiger partial charge in [-0.1, -0.05) is 6.58 Å². The summed E-state index contributed by atoms with van der Waals surface area (Å²) in [6.07, 6.45) is 0.372. The lowest BCUT2D eigenvalue weighted by Crippen LogP contribution is -2.29. The molecule has 20 heavy (non-hydrogen) atoms. The Bertz CT molecular complexity index is 583. The van der Waals surface area contributed by atoms with Crippen LogP contribution < -0.4 is 0 Å². The lowest BCUT2D eigenvalue weighted by atomic mass is 9.87. The maximum atomic E-state index is 12.1. The smallest absolute Gasteiger partial charge is 0.334 e. The molecule has 0 aromatic rings. The maximum absolute atomic E-state index is 12.1. The van der Waals surface area contributed by atoms with Gasteiger partial charge >= 0.3 is 5.97 Å². The molecular weight excluding hydrogens is 260 g/mol. The van der Waals surface area contributed by atoms with Crippen molar-refractivity contribution in [1.82, 2.24) is 0 Å². The highest BCUT2D eigenvalue weighted by atomic mass is 16.6. The first-order chi connectivity index (χ1) is 9.45. The quantitative estimate of drug-likeness (QED) is 0.531. The first kappa shape index (κ1) is 13.3. The number of ketones is 1. The molecule has 1 heterocycles. The minimum atomic E-state index is -0.950. The van der Waals surface area contributed by atoms with Gasteiger partial charge in [0.05, 0.1) is 18.6 Å². The molecule has 0 saturated carbocycles. The first-order valence-electron chi connectivity index (χ1n) is 6.59. The monoisotopic (exact) mass is 276 g/mol. The number of rotatable bonds is 1. The minimum Gasteiger partial charge on any atom is -0.458 e. The molecular formula is C15H16O5. The van der Waals surface area contributed by atoms with Crippen LogP contribution in [-0.2, 0) is 14.3 Å². The standard InChI is InChI=1S/C15H16O5/c1-6-12-9(8(5-16)3-10(12)17)4-11-13(14(6)18)7(2)15(19)20-11/h3,9,11,13-14,16,18H,2,4-5H2,1H3. The summed E-state index contributed by atoms with van der Waals surface area (Å²) >= 11 is 0. The number of ether oxygens (including phenoxy) is 1. The van der Waals surface area contributed by atoms with Crippen molar-refractivity contribution >= 4 is 11.8 Å². The molecule has 0 aromatic heterocycles. The Hall–Kier alpha value is -1.72. The highest BCUT2D eigenvalue weighted by molar-refractivity contribution is 6.09. The highest BCUT2D eigenvalue weighted by Gasteiger charge is 2.49. The van der Waals surface area contributed by atoms with Gasteiger partial charge in [-0.15, -0.1) is 0 Å². The SMILES string of the molecule is C=C1C(=O)OC2CC3C(CO)=CC(=O)C3=C(C)C(O)C12. The van der Waals surface area contributed by atoms with E-state index in [1.165, 1.54) is 6.08 Å². The summed E-state index contributed by atoms with van der Waals surface area (Å²) in [7, 11) is 0. The van der Waals surface area contributed by atoms with Crippen molar-refractivity contribution < 1.29 is 24.5 Å². The number of aliphatic hydroxyl groups excluding tert-OH is 2. The third kappa shape index (κ3) is 1.63.